The van der Waals surface area contributed by atoms with Crippen molar-refractivity contribution in [1.29, 1.82) is 0 Å². The molecule has 0 saturated heterocycles. The number of hydrogen-bond acceptors (Lipinski definition) is 4. The standard InChI is InChI=1S/C14H18N4OS/c1-10(2)18-13(7-8-16-18)17-14(19)9-20-12-6-4-3-5-11(12)15/h3-8,10H,9,15H2,1-2H3,(H,17,19). The van der Waals surface area contributed by atoms with E-state index in [0.717, 1.165) is 4.90 Å². The topological polar surface area (TPSA) is 72.9 Å². The molecule has 0 spiro atoms. The zero-order valence-corrected chi connectivity index (χ0v) is 12.4. The largest absolute Gasteiger partial charge is 0.398 e. The number of nitrogen functional groups attached to an aromatic ring is 1. The molecule has 1 heterocycles. The molecule has 0 fully saturated rings. The number of carbonyl (C=O) groups is 1. The molecule has 5 nitrogen and oxygen atoms in total. The lowest BCUT2D eigenvalue weighted by molar-refractivity contribution is -0.113. The van der Waals surface area contributed by atoms with Gasteiger partial charge >= 0.3 is 0 Å². The molecule has 0 atom stereocenters. The van der Waals surface area contributed by atoms with Crippen LogP contribution in [0.3, 0.4) is 0 Å². The summed E-state index contributed by atoms with van der Waals surface area (Å²) < 4.78 is 1.78. The van der Waals surface area contributed by atoms with E-state index < -0.39 is 0 Å². The van der Waals surface area contributed by atoms with Gasteiger partial charge in [0.2, 0.25) is 5.91 Å². The molecule has 0 aliphatic heterocycles. The number of anilines is 2. The molecule has 1 amide bonds. The van der Waals surface area contributed by atoms with E-state index in [9.17, 15) is 4.79 Å². The lowest BCUT2D eigenvalue weighted by Crippen LogP contribution is -2.18. The van der Waals surface area contributed by atoms with E-state index in [1.807, 2.05) is 38.1 Å². The highest BCUT2D eigenvalue weighted by atomic mass is 32.2. The Balaban J connectivity index is 1.93. The van der Waals surface area contributed by atoms with Crippen molar-refractivity contribution >= 4 is 29.2 Å². The summed E-state index contributed by atoms with van der Waals surface area (Å²) >= 11 is 1.42. The normalized spacial score (nSPS) is 10.8. The van der Waals surface area contributed by atoms with Crippen molar-refractivity contribution in [2.75, 3.05) is 16.8 Å². The van der Waals surface area contributed by atoms with Gasteiger partial charge in [0.25, 0.3) is 0 Å². The highest BCUT2D eigenvalue weighted by Crippen LogP contribution is 2.24. The summed E-state index contributed by atoms with van der Waals surface area (Å²) in [6.07, 6.45) is 1.68. The molecule has 0 radical (unpaired) electrons. The van der Waals surface area contributed by atoms with Crippen molar-refractivity contribution in [3.05, 3.63) is 36.5 Å². The number of para-hydroxylation sites is 1. The van der Waals surface area contributed by atoms with Crippen LogP contribution in [0, 0.1) is 0 Å². The second-order valence-corrected chi connectivity index (χ2v) is 5.65. The van der Waals surface area contributed by atoms with Gasteiger partial charge in [-0.05, 0) is 26.0 Å². The van der Waals surface area contributed by atoms with Gasteiger partial charge in [0.1, 0.15) is 5.82 Å². The van der Waals surface area contributed by atoms with E-state index in [-0.39, 0.29) is 11.9 Å². The Morgan fingerprint density at radius 2 is 2.15 bits per heavy atom. The maximum Gasteiger partial charge on any atom is 0.235 e. The van der Waals surface area contributed by atoms with Crippen molar-refractivity contribution in [1.82, 2.24) is 9.78 Å². The minimum absolute atomic E-state index is 0.0688. The Labute approximate surface area is 122 Å². The molecule has 6 heteroatoms. The van der Waals surface area contributed by atoms with Crippen LogP contribution >= 0.6 is 11.8 Å². The SMILES string of the molecule is CC(C)n1nccc1NC(=O)CSc1ccccc1N. The van der Waals surface area contributed by atoms with Gasteiger partial charge in [0, 0.05) is 22.7 Å². The molecule has 0 aliphatic rings. The van der Waals surface area contributed by atoms with E-state index in [4.69, 9.17) is 5.73 Å². The van der Waals surface area contributed by atoms with Gasteiger partial charge in [-0.15, -0.1) is 11.8 Å². The monoisotopic (exact) mass is 290 g/mol. The van der Waals surface area contributed by atoms with Crippen molar-refractivity contribution in [2.24, 2.45) is 0 Å². The number of hydrogen-bond donors (Lipinski definition) is 2. The summed E-state index contributed by atoms with van der Waals surface area (Å²) in [5.74, 6) is 0.963. The van der Waals surface area contributed by atoms with Crippen LogP contribution in [0.5, 0.6) is 0 Å². The molecular formula is C14H18N4OS. The fourth-order valence-corrected chi connectivity index (χ4v) is 2.53. The Kier molecular flexibility index (Phi) is 4.68. The predicted octanol–water partition coefficient (Wildman–Crippen LogP) is 2.78. The fraction of sp³-hybridized carbons (Fsp3) is 0.286. The van der Waals surface area contributed by atoms with E-state index in [2.05, 4.69) is 10.4 Å². The lowest BCUT2D eigenvalue weighted by Gasteiger charge is -2.11. The van der Waals surface area contributed by atoms with Crippen molar-refractivity contribution in [2.45, 2.75) is 24.8 Å². The van der Waals surface area contributed by atoms with Gasteiger partial charge < -0.3 is 11.1 Å². The van der Waals surface area contributed by atoms with Gasteiger partial charge in [-0.3, -0.25) is 4.79 Å². The predicted molar refractivity (Wildman–Crippen MR) is 82.8 cm³/mol. The zero-order chi connectivity index (χ0) is 14.5. The highest BCUT2D eigenvalue weighted by Gasteiger charge is 2.10. The first-order chi connectivity index (χ1) is 9.58. The van der Waals surface area contributed by atoms with Crippen LogP contribution < -0.4 is 11.1 Å². The molecule has 1 aromatic carbocycles. The zero-order valence-electron chi connectivity index (χ0n) is 11.5. The number of carbonyl (C=O) groups excluding carboxylic acids is 1. The van der Waals surface area contributed by atoms with Crippen LogP contribution in [0.25, 0.3) is 0 Å². The first kappa shape index (κ1) is 14.5. The maximum atomic E-state index is 12.0. The molecule has 0 bridgehead atoms. The first-order valence-corrected chi connectivity index (χ1v) is 7.37. The van der Waals surface area contributed by atoms with E-state index in [1.54, 1.807) is 16.9 Å². The summed E-state index contributed by atoms with van der Waals surface area (Å²) in [5, 5.41) is 7.04. The molecule has 2 rings (SSSR count). The van der Waals surface area contributed by atoms with Gasteiger partial charge in [-0.2, -0.15) is 5.10 Å². The van der Waals surface area contributed by atoms with Crippen LogP contribution in [-0.2, 0) is 4.79 Å². The lowest BCUT2D eigenvalue weighted by atomic mass is 10.3. The molecule has 1 aromatic heterocycles. The molecular weight excluding hydrogens is 272 g/mol. The van der Waals surface area contributed by atoms with E-state index in [0.29, 0.717) is 17.3 Å². The van der Waals surface area contributed by atoms with Gasteiger partial charge in [-0.1, -0.05) is 12.1 Å². The second-order valence-electron chi connectivity index (χ2n) is 4.63. The number of thioether (sulfide) groups is 1. The third-order valence-electron chi connectivity index (χ3n) is 2.70. The molecule has 0 aliphatic carbocycles. The molecule has 106 valence electrons. The van der Waals surface area contributed by atoms with E-state index in [1.165, 1.54) is 11.8 Å². The summed E-state index contributed by atoms with van der Waals surface area (Å²) in [6, 6.07) is 9.52. The quantitative estimate of drug-likeness (QED) is 0.656. The van der Waals surface area contributed by atoms with Crippen LogP contribution in [-0.4, -0.2) is 21.4 Å². The minimum Gasteiger partial charge on any atom is -0.398 e. The summed E-state index contributed by atoms with van der Waals surface area (Å²) in [5.41, 5.74) is 6.53. The van der Waals surface area contributed by atoms with Crippen LogP contribution in [0.2, 0.25) is 0 Å². The highest BCUT2D eigenvalue weighted by molar-refractivity contribution is 8.00. The number of benzene rings is 1. The number of amides is 1. The number of rotatable bonds is 5. The number of nitrogens with one attached hydrogen (secondary N) is 1. The molecule has 20 heavy (non-hydrogen) atoms. The van der Waals surface area contributed by atoms with Gasteiger partial charge in [0.05, 0.1) is 11.9 Å². The number of nitrogens with two attached hydrogens (primary N) is 1. The van der Waals surface area contributed by atoms with Crippen LogP contribution in [0.4, 0.5) is 11.5 Å². The number of aromatic nitrogens is 2. The molecule has 3 N–H and O–H groups in total. The molecule has 2 aromatic rings. The Hall–Kier alpha value is -1.95. The average molecular weight is 290 g/mol. The number of nitrogens with zero attached hydrogens (tertiary/aromatic N) is 2. The van der Waals surface area contributed by atoms with Crippen molar-refractivity contribution < 1.29 is 4.79 Å². The smallest absolute Gasteiger partial charge is 0.235 e. The Bertz CT molecular complexity index is 594. The third-order valence-corrected chi connectivity index (χ3v) is 3.79. The van der Waals surface area contributed by atoms with Crippen LogP contribution in [0.15, 0.2) is 41.4 Å². The van der Waals surface area contributed by atoms with Crippen molar-refractivity contribution in [3.8, 4) is 0 Å². The Morgan fingerprint density at radius 3 is 2.85 bits per heavy atom. The molecule has 0 saturated carbocycles. The molecule has 0 unspecified atom stereocenters. The second kappa shape index (κ2) is 6.47. The third kappa shape index (κ3) is 3.54. The maximum absolute atomic E-state index is 12.0. The Morgan fingerprint density at radius 1 is 1.40 bits per heavy atom. The first-order valence-electron chi connectivity index (χ1n) is 6.38. The van der Waals surface area contributed by atoms with Crippen LogP contribution in [0.1, 0.15) is 19.9 Å². The van der Waals surface area contributed by atoms with Crippen molar-refractivity contribution in [3.63, 3.8) is 0 Å². The minimum atomic E-state index is -0.0688. The average Bonchev–Trinajstić information content (AvgIpc) is 2.86. The van der Waals surface area contributed by atoms with Gasteiger partial charge in [0.15, 0.2) is 0 Å². The summed E-state index contributed by atoms with van der Waals surface area (Å²) in [7, 11) is 0. The van der Waals surface area contributed by atoms with E-state index >= 15 is 0 Å². The summed E-state index contributed by atoms with van der Waals surface area (Å²) in [4.78, 5) is 12.9. The fourth-order valence-electron chi connectivity index (χ4n) is 1.76. The summed E-state index contributed by atoms with van der Waals surface area (Å²) in [6.45, 7) is 4.03. The van der Waals surface area contributed by atoms with Gasteiger partial charge in [-0.25, -0.2) is 4.68 Å².